The highest BCUT2D eigenvalue weighted by atomic mass is 32.1. The van der Waals surface area contributed by atoms with E-state index in [-0.39, 0.29) is 23.9 Å². The molecule has 0 aliphatic heterocycles. The van der Waals surface area contributed by atoms with Gasteiger partial charge in [0.2, 0.25) is 11.8 Å². The summed E-state index contributed by atoms with van der Waals surface area (Å²) in [6.07, 6.45) is -4.57. The van der Waals surface area contributed by atoms with E-state index in [2.05, 4.69) is 10.3 Å². The van der Waals surface area contributed by atoms with Crippen molar-refractivity contribution >= 4 is 34.0 Å². The summed E-state index contributed by atoms with van der Waals surface area (Å²) >= 11 is 1.22. The Balaban J connectivity index is 2.02. The first-order valence-electron chi connectivity index (χ1n) is 7.77. The first-order valence-corrected chi connectivity index (χ1v) is 8.65. The van der Waals surface area contributed by atoms with E-state index in [9.17, 15) is 22.8 Å². The van der Waals surface area contributed by atoms with Crippen molar-refractivity contribution in [2.75, 3.05) is 17.3 Å². The molecule has 1 heterocycles. The number of anilines is 2. The quantitative estimate of drug-likeness (QED) is 0.847. The second-order valence-electron chi connectivity index (χ2n) is 5.98. The van der Waals surface area contributed by atoms with Crippen LogP contribution in [-0.2, 0) is 22.2 Å². The van der Waals surface area contributed by atoms with E-state index in [0.717, 1.165) is 12.1 Å². The molecule has 1 aromatic heterocycles. The lowest BCUT2D eigenvalue weighted by Crippen LogP contribution is -2.30. The maximum absolute atomic E-state index is 12.7. The van der Waals surface area contributed by atoms with Gasteiger partial charge in [0.1, 0.15) is 0 Å². The van der Waals surface area contributed by atoms with Gasteiger partial charge in [0, 0.05) is 24.0 Å². The van der Waals surface area contributed by atoms with Gasteiger partial charge in [-0.3, -0.25) is 14.5 Å². The number of aromatic nitrogens is 1. The minimum Gasteiger partial charge on any atom is -0.326 e. The summed E-state index contributed by atoms with van der Waals surface area (Å²) in [7, 11) is 1.60. The number of nitrogens with zero attached hydrogens (tertiary/aromatic N) is 2. The van der Waals surface area contributed by atoms with Crippen molar-refractivity contribution < 1.29 is 22.8 Å². The Bertz CT molecular complexity index is 803. The maximum atomic E-state index is 12.7. The molecule has 0 aliphatic rings. The molecule has 1 N–H and O–H groups in total. The summed E-state index contributed by atoms with van der Waals surface area (Å²) in [5.74, 6) is -0.769. The smallest absolute Gasteiger partial charge is 0.326 e. The number of thiazole rings is 1. The first kappa shape index (κ1) is 19.9. The van der Waals surface area contributed by atoms with Crippen LogP contribution in [-0.4, -0.2) is 23.8 Å². The zero-order chi connectivity index (χ0) is 19.5. The molecular weight excluding hydrogens is 367 g/mol. The number of hydrogen-bond acceptors (Lipinski definition) is 4. The lowest BCUT2D eigenvalue weighted by atomic mass is 10.2. The number of benzene rings is 1. The topological polar surface area (TPSA) is 62.3 Å². The number of halogens is 3. The molecule has 0 radical (unpaired) electrons. The van der Waals surface area contributed by atoms with Crippen LogP contribution in [0.3, 0.4) is 0 Å². The van der Waals surface area contributed by atoms with Gasteiger partial charge in [-0.05, 0) is 18.2 Å². The van der Waals surface area contributed by atoms with Crippen molar-refractivity contribution in [1.82, 2.24) is 4.98 Å². The van der Waals surface area contributed by atoms with Crippen molar-refractivity contribution in [2.24, 2.45) is 5.92 Å². The van der Waals surface area contributed by atoms with Crippen LogP contribution in [0.15, 0.2) is 29.6 Å². The Labute approximate surface area is 152 Å². The molecule has 2 amide bonds. The molecule has 0 unspecified atom stereocenters. The van der Waals surface area contributed by atoms with Crippen LogP contribution < -0.4 is 10.2 Å². The zero-order valence-electron chi connectivity index (χ0n) is 14.4. The largest absolute Gasteiger partial charge is 0.416 e. The monoisotopic (exact) mass is 385 g/mol. The van der Waals surface area contributed by atoms with Crippen LogP contribution in [0, 0.1) is 5.92 Å². The Morgan fingerprint density at radius 3 is 2.62 bits per heavy atom. The van der Waals surface area contributed by atoms with Crippen molar-refractivity contribution in [3.63, 3.8) is 0 Å². The first-order chi connectivity index (χ1) is 12.1. The number of carbonyl (C=O) groups is 2. The van der Waals surface area contributed by atoms with E-state index in [4.69, 9.17) is 0 Å². The summed E-state index contributed by atoms with van der Waals surface area (Å²) in [4.78, 5) is 29.7. The van der Waals surface area contributed by atoms with E-state index in [1.54, 1.807) is 26.3 Å². The number of amides is 2. The standard InChI is InChI=1S/C17H18F3N3O2S/c1-10(2)15(25)23(3)16-22-13(9-26-16)8-14(24)21-12-6-4-5-11(7-12)17(18,19)20/h4-7,9-10H,8H2,1-3H3,(H,21,24). The average Bonchev–Trinajstić information content (AvgIpc) is 3.01. The molecule has 0 spiro atoms. The molecule has 0 fully saturated rings. The van der Waals surface area contributed by atoms with Crippen LogP contribution in [0.5, 0.6) is 0 Å². The number of carbonyl (C=O) groups excluding carboxylic acids is 2. The van der Waals surface area contributed by atoms with Crippen molar-refractivity contribution in [2.45, 2.75) is 26.4 Å². The summed E-state index contributed by atoms with van der Waals surface area (Å²) in [5.41, 5.74) is -0.328. The molecule has 0 aliphatic carbocycles. The van der Waals surface area contributed by atoms with Gasteiger partial charge in [-0.25, -0.2) is 4.98 Å². The SMILES string of the molecule is CC(C)C(=O)N(C)c1nc(CC(=O)Nc2cccc(C(F)(F)F)c2)cs1. The van der Waals surface area contributed by atoms with Crippen molar-refractivity contribution in [1.29, 1.82) is 0 Å². The predicted octanol–water partition coefficient (Wildman–Crippen LogP) is 3.96. The minimum atomic E-state index is -4.47. The fourth-order valence-electron chi connectivity index (χ4n) is 2.16. The molecular formula is C17H18F3N3O2S. The third kappa shape index (κ3) is 5.04. The number of rotatable bonds is 5. The molecule has 26 heavy (non-hydrogen) atoms. The van der Waals surface area contributed by atoms with E-state index >= 15 is 0 Å². The van der Waals surface area contributed by atoms with Crippen LogP contribution in [0.2, 0.25) is 0 Å². The van der Waals surface area contributed by atoms with E-state index in [1.165, 1.54) is 28.4 Å². The third-order valence-electron chi connectivity index (χ3n) is 3.47. The molecule has 0 atom stereocenters. The molecule has 2 rings (SSSR count). The van der Waals surface area contributed by atoms with Crippen LogP contribution in [0.4, 0.5) is 24.0 Å². The number of alkyl halides is 3. The zero-order valence-corrected chi connectivity index (χ0v) is 15.2. The minimum absolute atomic E-state index is 0.0624. The highest BCUT2D eigenvalue weighted by Crippen LogP contribution is 2.30. The molecule has 0 bridgehead atoms. The second-order valence-corrected chi connectivity index (χ2v) is 6.81. The van der Waals surface area contributed by atoms with Crippen LogP contribution in [0.25, 0.3) is 0 Å². The Hall–Kier alpha value is -2.42. The summed E-state index contributed by atoms with van der Waals surface area (Å²) in [6, 6.07) is 4.42. The predicted molar refractivity (Wildman–Crippen MR) is 94.1 cm³/mol. The molecule has 0 saturated carbocycles. The number of nitrogens with one attached hydrogen (secondary N) is 1. The van der Waals surface area contributed by atoms with E-state index in [0.29, 0.717) is 10.8 Å². The van der Waals surface area contributed by atoms with Crippen LogP contribution in [0.1, 0.15) is 25.1 Å². The average molecular weight is 385 g/mol. The molecule has 140 valence electrons. The highest BCUT2D eigenvalue weighted by Gasteiger charge is 2.30. The lowest BCUT2D eigenvalue weighted by molar-refractivity contribution is -0.137. The number of hydrogen-bond donors (Lipinski definition) is 1. The van der Waals surface area contributed by atoms with Gasteiger partial charge in [-0.2, -0.15) is 13.2 Å². The van der Waals surface area contributed by atoms with Crippen molar-refractivity contribution in [3.05, 3.63) is 40.9 Å². The summed E-state index contributed by atoms with van der Waals surface area (Å²) < 4.78 is 38.1. The lowest BCUT2D eigenvalue weighted by Gasteiger charge is -2.15. The fourth-order valence-corrected chi connectivity index (χ4v) is 2.95. The Kier molecular flexibility index (Phi) is 6.01. The van der Waals surface area contributed by atoms with Gasteiger partial charge in [0.15, 0.2) is 5.13 Å². The highest BCUT2D eigenvalue weighted by molar-refractivity contribution is 7.14. The van der Waals surface area contributed by atoms with Gasteiger partial charge in [0.05, 0.1) is 17.7 Å². The van der Waals surface area contributed by atoms with Gasteiger partial charge in [-0.15, -0.1) is 11.3 Å². The van der Waals surface area contributed by atoms with Gasteiger partial charge in [-0.1, -0.05) is 19.9 Å². The van der Waals surface area contributed by atoms with Crippen LogP contribution >= 0.6 is 11.3 Å². The Morgan fingerprint density at radius 1 is 1.31 bits per heavy atom. The molecule has 2 aromatic rings. The molecule has 0 saturated heterocycles. The third-order valence-corrected chi connectivity index (χ3v) is 4.43. The molecule has 5 nitrogen and oxygen atoms in total. The normalized spacial score (nSPS) is 11.5. The maximum Gasteiger partial charge on any atom is 0.416 e. The molecule has 1 aromatic carbocycles. The summed E-state index contributed by atoms with van der Waals surface area (Å²) in [6.45, 7) is 3.55. The van der Waals surface area contributed by atoms with Gasteiger partial charge < -0.3 is 5.32 Å². The van der Waals surface area contributed by atoms with Gasteiger partial charge >= 0.3 is 6.18 Å². The van der Waals surface area contributed by atoms with E-state index in [1.807, 2.05) is 0 Å². The Morgan fingerprint density at radius 2 is 2.00 bits per heavy atom. The van der Waals surface area contributed by atoms with Gasteiger partial charge in [0.25, 0.3) is 0 Å². The summed E-state index contributed by atoms with van der Waals surface area (Å²) in [5, 5.41) is 4.54. The molecule has 9 heteroatoms. The van der Waals surface area contributed by atoms with E-state index < -0.39 is 17.6 Å². The second kappa shape index (κ2) is 7.86. The fraction of sp³-hybridized carbons (Fsp3) is 0.353. The van der Waals surface area contributed by atoms with Crippen molar-refractivity contribution in [3.8, 4) is 0 Å².